The van der Waals surface area contributed by atoms with Gasteiger partial charge in [0.05, 0.1) is 27.0 Å². The number of alkyl halides is 6. The second-order valence-corrected chi connectivity index (χ2v) is 9.26. The summed E-state index contributed by atoms with van der Waals surface area (Å²) in [4.78, 5) is 4.55. The van der Waals surface area contributed by atoms with Gasteiger partial charge in [-0.3, -0.25) is 5.01 Å². The molecule has 2 N–H and O–H groups in total. The highest BCUT2D eigenvalue weighted by atomic mass is 32.1. The van der Waals surface area contributed by atoms with E-state index in [0.717, 1.165) is 40.1 Å². The Morgan fingerprint density at radius 1 is 0.595 bits per heavy atom. The summed E-state index contributed by atoms with van der Waals surface area (Å²) in [5.74, 6) is 6.29. The molecule has 1 aromatic heterocycles. The molecule has 0 atom stereocenters. The second-order valence-electron chi connectivity index (χ2n) is 8.25. The third-order valence-electron chi connectivity index (χ3n) is 5.82. The number of hydrogen-bond acceptors (Lipinski definition) is 4. The first-order valence-corrected chi connectivity index (χ1v) is 11.7. The van der Waals surface area contributed by atoms with Crippen molar-refractivity contribution in [3.05, 3.63) is 102 Å². The molecule has 0 saturated heterocycles. The Kier molecular flexibility index (Phi) is 6.17. The first-order valence-electron chi connectivity index (χ1n) is 10.9. The van der Waals surface area contributed by atoms with Crippen molar-refractivity contribution < 1.29 is 26.3 Å². The summed E-state index contributed by atoms with van der Waals surface area (Å²) in [6, 6.07) is 22.3. The van der Waals surface area contributed by atoms with Crippen molar-refractivity contribution in [2.75, 3.05) is 5.01 Å². The number of thiazole rings is 1. The zero-order valence-corrected chi connectivity index (χ0v) is 19.6. The molecule has 10 heteroatoms. The molecule has 0 aliphatic carbocycles. The number of halogens is 6. The highest BCUT2D eigenvalue weighted by Gasteiger charge is 2.30. The Morgan fingerprint density at radius 2 is 1.03 bits per heavy atom. The lowest BCUT2D eigenvalue weighted by atomic mass is 10.0. The van der Waals surface area contributed by atoms with Crippen LogP contribution in [0.1, 0.15) is 11.1 Å². The summed E-state index contributed by atoms with van der Waals surface area (Å²) in [5, 5.41) is 1.90. The highest BCUT2D eigenvalue weighted by Crippen LogP contribution is 2.36. The molecule has 3 nitrogen and oxygen atoms in total. The molecule has 0 saturated carbocycles. The quantitative estimate of drug-likeness (QED) is 0.144. The van der Waals surface area contributed by atoms with E-state index in [2.05, 4.69) is 4.98 Å². The molecule has 0 amide bonds. The van der Waals surface area contributed by atoms with Crippen molar-refractivity contribution >= 4 is 32.4 Å². The molecule has 0 bridgehead atoms. The number of fused-ring (bicyclic) bond motifs is 1. The minimum Gasteiger partial charge on any atom is -0.254 e. The number of anilines is 2. The van der Waals surface area contributed by atoms with Gasteiger partial charge in [0.2, 0.25) is 5.13 Å². The summed E-state index contributed by atoms with van der Waals surface area (Å²) in [6.07, 6.45) is -8.78. The van der Waals surface area contributed by atoms with Crippen LogP contribution < -0.4 is 10.9 Å². The van der Waals surface area contributed by atoms with Gasteiger partial charge in [0.1, 0.15) is 0 Å². The first-order chi connectivity index (χ1) is 17.5. The van der Waals surface area contributed by atoms with E-state index in [0.29, 0.717) is 27.5 Å². The molecule has 0 unspecified atom stereocenters. The van der Waals surface area contributed by atoms with Crippen LogP contribution in [0, 0.1) is 0 Å². The summed E-state index contributed by atoms with van der Waals surface area (Å²) >= 11 is 1.32. The van der Waals surface area contributed by atoms with Crippen molar-refractivity contribution in [3.63, 3.8) is 0 Å². The number of rotatable bonds is 4. The monoisotopic (exact) mass is 529 g/mol. The summed E-state index contributed by atoms with van der Waals surface area (Å²) in [7, 11) is 0. The SMILES string of the molecule is NN(c1ccc(-c2ccc(C(F)(F)F)cc2)cc1)c1nc2ccc(-c3ccc(C(F)(F)F)cc3)cc2s1. The fourth-order valence-electron chi connectivity index (χ4n) is 3.82. The van der Waals surface area contributed by atoms with Gasteiger partial charge < -0.3 is 0 Å². The molecule has 0 spiro atoms. The minimum atomic E-state index is -4.39. The molecule has 0 aliphatic rings. The van der Waals surface area contributed by atoms with Gasteiger partial charge in [0.15, 0.2) is 0 Å². The third-order valence-corrected chi connectivity index (χ3v) is 6.84. The summed E-state index contributed by atoms with van der Waals surface area (Å²) in [6.45, 7) is 0. The normalized spacial score (nSPS) is 12.2. The fraction of sp³-hybridized carbons (Fsp3) is 0.0741. The van der Waals surface area contributed by atoms with E-state index < -0.39 is 23.5 Å². The van der Waals surface area contributed by atoms with Gasteiger partial charge in [0, 0.05) is 0 Å². The van der Waals surface area contributed by atoms with Gasteiger partial charge in [-0.2, -0.15) is 26.3 Å². The molecule has 5 rings (SSSR count). The average molecular weight is 530 g/mol. The molecule has 4 aromatic carbocycles. The van der Waals surface area contributed by atoms with Crippen LogP contribution in [-0.4, -0.2) is 4.98 Å². The van der Waals surface area contributed by atoms with E-state index in [1.165, 1.54) is 40.6 Å². The van der Waals surface area contributed by atoms with Crippen LogP contribution in [-0.2, 0) is 12.4 Å². The number of hydrogen-bond donors (Lipinski definition) is 1. The van der Waals surface area contributed by atoms with Gasteiger partial charge in [0.25, 0.3) is 0 Å². The minimum absolute atomic E-state index is 0.502. The highest BCUT2D eigenvalue weighted by molar-refractivity contribution is 7.22. The topological polar surface area (TPSA) is 42.1 Å². The number of benzene rings is 4. The van der Waals surface area contributed by atoms with Gasteiger partial charge in [-0.15, -0.1) is 0 Å². The third kappa shape index (κ3) is 5.16. The number of nitrogens with two attached hydrogens (primary N) is 1. The maximum Gasteiger partial charge on any atom is 0.416 e. The van der Waals surface area contributed by atoms with Crippen molar-refractivity contribution in [2.24, 2.45) is 5.84 Å². The number of hydrazine groups is 1. The van der Waals surface area contributed by atoms with Gasteiger partial charge >= 0.3 is 12.4 Å². The van der Waals surface area contributed by atoms with Gasteiger partial charge in [-0.05, 0) is 70.8 Å². The van der Waals surface area contributed by atoms with Crippen LogP contribution in [0.2, 0.25) is 0 Å². The average Bonchev–Trinajstić information content (AvgIpc) is 3.31. The lowest BCUT2D eigenvalue weighted by Crippen LogP contribution is -2.24. The smallest absolute Gasteiger partial charge is 0.254 e. The maximum atomic E-state index is 12.9. The van der Waals surface area contributed by atoms with Crippen molar-refractivity contribution in [3.8, 4) is 22.3 Å². The van der Waals surface area contributed by atoms with E-state index in [1.54, 1.807) is 36.4 Å². The van der Waals surface area contributed by atoms with E-state index in [-0.39, 0.29) is 0 Å². The van der Waals surface area contributed by atoms with Crippen LogP contribution in [0.25, 0.3) is 32.5 Å². The molecule has 1 heterocycles. The van der Waals surface area contributed by atoms with Crippen molar-refractivity contribution in [1.29, 1.82) is 0 Å². The predicted octanol–water partition coefficient (Wildman–Crippen LogP) is 8.68. The Bertz CT molecular complexity index is 1540. The molecular formula is C27H17F6N3S. The van der Waals surface area contributed by atoms with E-state index >= 15 is 0 Å². The standard InChI is InChI=1S/C27H17F6N3S/c28-26(29,30)20-8-1-16(2-9-20)17-5-12-22(13-6-17)36(34)25-35-23-14-7-19(15-24(23)37-25)18-3-10-21(11-4-18)27(31,32)33/h1-15H,34H2. The van der Waals surface area contributed by atoms with Crippen molar-refractivity contribution in [1.82, 2.24) is 4.98 Å². The van der Waals surface area contributed by atoms with Crippen LogP contribution in [0.15, 0.2) is 91.0 Å². The van der Waals surface area contributed by atoms with Gasteiger partial charge in [-0.25, -0.2) is 10.8 Å². The second kappa shape index (κ2) is 9.20. The Hall–Kier alpha value is -3.89. The summed E-state index contributed by atoms with van der Waals surface area (Å²) < 4.78 is 77.8. The Morgan fingerprint density at radius 3 is 1.51 bits per heavy atom. The van der Waals surface area contributed by atoms with Gasteiger partial charge in [-0.1, -0.05) is 53.8 Å². The largest absolute Gasteiger partial charge is 0.416 e. The Balaban J connectivity index is 1.36. The van der Waals surface area contributed by atoms with Crippen LogP contribution in [0.5, 0.6) is 0 Å². The molecule has 0 radical (unpaired) electrons. The van der Waals surface area contributed by atoms with E-state index in [4.69, 9.17) is 5.84 Å². The predicted molar refractivity (Wildman–Crippen MR) is 133 cm³/mol. The molecule has 0 aliphatic heterocycles. The number of nitrogens with zero attached hydrogens (tertiary/aromatic N) is 2. The van der Waals surface area contributed by atoms with E-state index in [9.17, 15) is 26.3 Å². The van der Waals surface area contributed by atoms with Crippen LogP contribution in [0.3, 0.4) is 0 Å². The Labute approximate surface area is 211 Å². The molecule has 5 aromatic rings. The maximum absolute atomic E-state index is 12.9. The summed E-state index contributed by atoms with van der Waals surface area (Å²) in [5.41, 5.74) is 2.66. The lowest BCUT2D eigenvalue weighted by Gasteiger charge is -2.15. The zero-order chi connectivity index (χ0) is 26.4. The van der Waals surface area contributed by atoms with E-state index in [1.807, 2.05) is 6.07 Å². The number of aromatic nitrogens is 1. The first kappa shape index (κ1) is 24.8. The van der Waals surface area contributed by atoms with Crippen molar-refractivity contribution in [2.45, 2.75) is 12.4 Å². The lowest BCUT2D eigenvalue weighted by molar-refractivity contribution is -0.138. The molecule has 0 fully saturated rings. The molecule has 37 heavy (non-hydrogen) atoms. The molecular weight excluding hydrogens is 512 g/mol. The molecule has 188 valence electrons. The zero-order valence-electron chi connectivity index (χ0n) is 18.8. The van der Waals surface area contributed by atoms with Crippen LogP contribution >= 0.6 is 11.3 Å². The van der Waals surface area contributed by atoms with Crippen LogP contribution in [0.4, 0.5) is 37.2 Å². The fourth-order valence-corrected chi connectivity index (χ4v) is 4.77.